The molecule has 0 bridgehead atoms. The highest BCUT2D eigenvalue weighted by atomic mass is 32.2. The zero-order chi connectivity index (χ0) is 13.0. The van der Waals surface area contributed by atoms with Crippen LogP contribution in [-0.4, -0.2) is 45.6 Å². The van der Waals surface area contributed by atoms with Crippen molar-refractivity contribution in [3.05, 3.63) is 5.82 Å². The lowest BCUT2D eigenvalue weighted by Crippen LogP contribution is -2.41. The second kappa shape index (κ2) is 6.19. The lowest BCUT2D eigenvalue weighted by Gasteiger charge is -2.15. The molecule has 0 spiro atoms. The predicted molar refractivity (Wildman–Crippen MR) is 68.4 cm³/mol. The van der Waals surface area contributed by atoms with Crippen molar-refractivity contribution in [2.75, 3.05) is 12.4 Å². The molecule has 1 saturated carbocycles. The van der Waals surface area contributed by atoms with E-state index >= 15 is 0 Å². The number of hydrogen-bond acceptors (Lipinski definition) is 6. The first-order valence-corrected chi connectivity index (χ1v) is 7.12. The summed E-state index contributed by atoms with van der Waals surface area (Å²) < 4.78 is 5.06. The first kappa shape index (κ1) is 13.4. The van der Waals surface area contributed by atoms with Gasteiger partial charge in [-0.25, -0.2) is 4.98 Å². The van der Waals surface area contributed by atoms with Gasteiger partial charge in [-0.1, -0.05) is 11.8 Å². The molecule has 2 rings (SSSR count). The highest BCUT2D eigenvalue weighted by Crippen LogP contribution is 2.21. The van der Waals surface area contributed by atoms with Crippen molar-refractivity contribution in [2.24, 2.45) is 0 Å². The summed E-state index contributed by atoms with van der Waals surface area (Å²) in [4.78, 5) is 16.0. The number of aromatic nitrogens is 3. The van der Waals surface area contributed by atoms with Crippen LogP contribution in [0, 0.1) is 6.92 Å². The summed E-state index contributed by atoms with van der Waals surface area (Å²) in [5, 5.41) is 10.8. The van der Waals surface area contributed by atoms with Crippen molar-refractivity contribution in [1.82, 2.24) is 20.5 Å². The molecular formula is C11H18N4O2S. The average molecular weight is 270 g/mol. The normalized spacial score (nSPS) is 16.6. The minimum Gasteiger partial charge on any atom is -0.465 e. The van der Waals surface area contributed by atoms with Crippen molar-refractivity contribution in [2.45, 2.75) is 43.9 Å². The summed E-state index contributed by atoms with van der Waals surface area (Å²) in [5.41, 5.74) is 0. The first-order valence-electron chi connectivity index (χ1n) is 6.13. The third-order valence-corrected chi connectivity index (χ3v) is 3.48. The molecule has 1 unspecified atom stereocenters. The topological polar surface area (TPSA) is 79.9 Å². The molecule has 100 valence electrons. The number of ether oxygens (including phenoxy) is 1. The van der Waals surface area contributed by atoms with Gasteiger partial charge in [0, 0.05) is 11.8 Å². The molecule has 0 radical (unpaired) electrons. The molecule has 18 heavy (non-hydrogen) atoms. The van der Waals surface area contributed by atoms with Crippen LogP contribution >= 0.6 is 11.8 Å². The number of nitrogens with zero attached hydrogens (tertiary/aromatic N) is 2. The van der Waals surface area contributed by atoms with Gasteiger partial charge in [0.2, 0.25) is 5.16 Å². The smallest absolute Gasteiger partial charge is 0.324 e. The molecule has 0 aliphatic heterocycles. The van der Waals surface area contributed by atoms with Crippen LogP contribution < -0.4 is 5.32 Å². The Kier molecular flexibility index (Phi) is 4.60. The molecule has 6 nitrogen and oxygen atoms in total. The van der Waals surface area contributed by atoms with Gasteiger partial charge < -0.3 is 10.1 Å². The number of carbonyl (C=O) groups is 1. The van der Waals surface area contributed by atoms with Crippen LogP contribution in [0.5, 0.6) is 0 Å². The molecule has 1 fully saturated rings. The Morgan fingerprint density at radius 2 is 2.44 bits per heavy atom. The van der Waals surface area contributed by atoms with Gasteiger partial charge in [0.25, 0.3) is 0 Å². The lowest BCUT2D eigenvalue weighted by molar-refractivity contribution is -0.145. The fourth-order valence-corrected chi connectivity index (χ4v) is 2.37. The largest absolute Gasteiger partial charge is 0.465 e. The number of aryl methyl sites for hydroxylation is 1. The number of carbonyl (C=O) groups excluding carboxylic acids is 1. The Balaban J connectivity index is 1.85. The van der Waals surface area contributed by atoms with E-state index in [1.807, 2.05) is 13.8 Å². The Bertz CT molecular complexity index is 406. The van der Waals surface area contributed by atoms with Gasteiger partial charge >= 0.3 is 5.97 Å². The molecular weight excluding hydrogens is 252 g/mol. The number of hydrogen-bond donors (Lipinski definition) is 2. The van der Waals surface area contributed by atoms with Gasteiger partial charge in [-0.15, -0.1) is 5.10 Å². The SMILES string of the molecule is CCOC(=O)C(CSc1n[nH]c(C)n1)NC1CC1. The number of aromatic amines is 1. The van der Waals surface area contributed by atoms with Gasteiger partial charge in [-0.05, 0) is 26.7 Å². The van der Waals surface area contributed by atoms with Crippen LogP contribution in [0.1, 0.15) is 25.6 Å². The van der Waals surface area contributed by atoms with Crippen LogP contribution in [0.3, 0.4) is 0 Å². The third kappa shape index (κ3) is 3.99. The van der Waals surface area contributed by atoms with Gasteiger partial charge in [0.1, 0.15) is 11.9 Å². The molecule has 7 heteroatoms. The third-order valence-electron chi connectivity index (χ3n) is 2.54. The maximum atomic E-state index is 11.8. The monoisotopic (exact) mass is 270 g/mol. The summed E-state index contributed by atoms with van der Waals surface area (Å²) in [6.07, 6.45) is 2.28. The fraction of sp³-hybridized carbons (Fsp3) is 0.727. The molecule has 1 aromatic heterocycles. The Morgan fingerprint density at radius 1 is 1.67 bits per heavy atom. The molecule has 1 aromatic rings. The quantitative estimate of drug-likeness (QED) is 0.566. The van der Waals surface area contributed by atoms with Crippen LogP contribution in [-0.2, 0) is 9.53 Å². The summed E-state index contributed by atoms with van der Waals surface area (Å²) in [7, 11) is 0. The summed E-state index contributed by atoms with van der Waals surface area (Å²) in [6.45, 7) is 4.08. The molecule has 1 aliphatic rings. The van der Waals surface area contributed by atoms with E-state index in [1.54, 1.807) is 0 Å². The molecule has 0 saturated heterocycles. The van der Waals surface area contributed by atoms with E-state index in [2.05, 4.69) is 20.5 Å². The van der Waals surface area contributed by atoms with E-state index in [4.69, 9.17) is 4.74 Å². The number of nitrogens with one attached hydrogen (secondary N) is 2. The van der Waals surface area contributed by atoms with Gasteiger partial charge in [0.15, 0.2) is 0 Å². The van der Waals surface area contributed by atoms with Crippen LogP contribution in [0.4, 0.5) is 0 Å². The van der Waals surface area contributed by atoms with E-state index in [1.165, 1.54) is 11.8 Å². The molecule has 1 heterocycles. The minimum atomic E-state index is -0.277. The van der Waals surface area contributed by atoms with Crippen LogP contribution in [0.2, 0.25) is 0 Å². The molecule has 0 amide bonds. The maximum Gasteiger partial charge on any atom is 0.324 e. The van der Waals surface area contributed by atoms with Crippen LogP contribution in [0.25, 0.3) is 0 Å². The predicted octanol–water partition coefficient (Wildman–Crippen LogP) is 0.889. The molecule has 2 N–H and O–H groups in total. The van der Waals surface area contributed by atoms with Crippen LogP contribution in [0.15, 0.2) is 5.16 Å². The molecule has 0 aromatic carbocycles. The first-order chi connectivity index (χ1) is 8.69. The number of esters is 1. The molecule has 1 aliphatic carbocycles. The van der Waals surface area contributed by atoms with E-state index in [9.17, 15) is 4.79 Å². The van der Waals surface area contributed by atoms with Crippen molar-refractivity contribution in [3.8, 4) is 0 Å². The highest BCUT2D eigenvalue weighted by Gasteiger charge is 2.29. The Labute approximate surface area is 110 Å². The lowest BCUT2D eigenvalue weighted by atomic mass is 10.3. The van der Waals surface area contributed by atoms with E-state index < -0.39 is 0 Å². The zero-order valence-electron chi connectivity index (χ0n) is 10.6. The van der Waals surface area contributed by atoms with Crippen molar-refractivity contribution >= 4 is 17.7 Å². The molecule has 1 atom stereocenters. The number of rotatable bonds is 7. The van der Waals surface area contributed by atoms with Gasteiger partial charge in [-0.3, -0.25) is 9.89 Å². The van der Waals surface area contributed by atoms with Crippen molar-refractivity contribution in [1.29, 1.82) is 0 Å². The van der Waals surface area contributed by atoms with E-state index in [0.717, 1.165) is 18.7 Å². The van der Waals surface area contributed by atoms with E-state index in [0.29, 0.717) is 23.6 Å². The van der Waals surface area contributed by atoms with Crippen molar-refractivity contribution < 1.29 is 9.53 Å². The Hall–Kier alpha value is -1.08. The zero-order valence-corrected chi connectivity index (χ0v) is 11.4. The maximum absolute atomic E-state index is 11.8. The van der Waals surface area contributed by atoms with Crippen molar-refractivity contribution in [3.63, 3.8) is 0 Å². The fourth-order valence-electron chi connectivity index (χ4n) is 1.51. The Morgan fingerprint density at radius 3 is 3.00 bits per heavy atom. The minimum absolute atomic E-state index is 0.191. The summed E-state index contributed by atoms with van der Waals surface area (Å²) >= 11 is 1.46. The highest BCUT2D eigenvalue weighted by molar-refractivity contribution is 7.99. The summed E-state index contributed by atoms with van der Waals surface area (Å²) in [5.74, 6) is 1.18. The van der Waals surface area contributed by atoms with E-state index in [-0.39, 0.29) is 12.0 Å². The average Bonchev–Trinajstić information content (AvgIpc) is 3.06. The number of thioether (sulfide) groups is 1. The van der Waals surface area contributed by atoms with Gasteiger partial charge in [-0.2, -0.15) is 0 Å². The number of H-pyrrole nitrogens is 1. The standard InChI is InChI=1S/C11H18N4O2S/c1-3-17-10(16)9(13-8-4-5-8)6-18-11-12-7(2)14-15-11/h8-9,13H,3-6H2,1-2H3,(H,12,14,15). The second-order valence-corrected chi connectivity index (χ2v) is 5.25. The van der Waals surface area contributed by atoms with Gasteiger partial charge in [0.05, 0.1) is 6.61 Å². The summed E-state index contributed by atoms with van der Waals surface area (Å²) in [6, 6.07) is 0.190. The second-order valence-electron chi connectivity index (χ2n) is 4.26.